The summed E-state index contributed by atoms with van der Waals surface area (Å²) in [5.41, 5.74) is 0. The summed E-state index contributed by atoms with van der Waals surface area (Å²) in [4.78, 5) is 13.1. The predicted molar refractivity (Wildman–Crippen MR) is 60.3 cm³/mol. The van der Waals surface area contributed by atoms with Crippen molar-refractivity contribution in [2.45, 2.75) is 46.6 Å². The molecule has 1 unspecified atom stereocenters. The molecule has 0 aromatic rings. The molecule has 14 heavy (non-hydrogen) atoms. The van der Waals surface area contributed by atoms with E-state index in [1.165, 1.54) is 0 Å². The molecule has 0 saturated carbocycles. The Bertz CT molecular complexity index is 155. The molecule has 0 spiro atoms. The van der Waals surface area contributed by atoms with Crippen LogP contribution in [0.4, 0.5) is 0 Å². The lowest BCUT2D eigenvalue weighted by Crippen LogP contribution is -2.33. The van der Waals surface area contributed by atoms with Gasteiger partial charge in [0.25, 0.3) is 0 Å². The first-order valence-electron chi connectivity index (χ1n) is 5.60. The fourth-order valence-electron chi connectivity index (χ4n) is 1.69. The topological polar surface area (TPSA) is 32.3 Å². The summed E-state index contributed by atoms with van der Waals surface area (Å²) in [5, 5.41) is 2.82. The lowest BCUT2D eigenvalue weighted by molar-refractivity contribution is -0.118. The van der Waals surface area contributed by atoms with Crippen LogP contribution < -0.4 is 5.32 Å². The van der Waals surface area contributed by atoms with E-state index in [-0.39, 0.29) is 5.91 Å². The van der Waals surface area contributed by atoms with Gasteiger partial charge in [-0.2, -0.15) is 0 Å². The molecule has 0 aliphatic heterocycles. The molecule has 0 aromatic carbocycles. The molecular formula is C11H24N2O. The minimum atomic E-state index is 0.0699. The van der Waals surface area contributed by atoms with Crippen LogP contribution in [0.15, 0.2) is 0 Å². The van der Waals surface area contributed by atoms with Gasteiger partial charge in [0, 0.05) is 19.5 Å². The Hall–Kier alpha value is -0.570. The number of nitrogens with zero attached hydrogens (tertiary/aromatic N) is 1. The molecule has 1 atom stereocenters. The van der Waals surface area contributed by atoms with Gasteiger partial charge >= 0.3 is 0 Å². The van der Waals surface area contributed by atoms with Crippen LogP contribution in [0.25, 0.3) is 0 Å². The van der Waals surface area contributed by atoms with Crippen molar-refractivity contribution in [2.75, 3.05) is 19.6 Å². The molecule has 0 saturated heterocycles. The van der Waals surface area contributed by atoms with Gasteiger partial charge in [-0.15, -0.1) is 0 Å². The molecule has 1 N–H and O–H groups in total. The molecule has 3 heteroatoms. The monoisotopic (exact) mass is 200 g/mol. The highest BCUT2D eigenvalue weighted by Crippen LogP contribution is 2.04. The Morgan fingerprint density at radius 2 is 1.93 bits per heavy atom. The molecular weight excluding hydrogens is 176 g/mol. The summed E-state index contributed by atoms with van der Waals surface area (Å²) in [6.45, 7) is 11.2. The summed E-state index contributed by atoms with van der Waals surface area (Å²) >= 11 is 0. The Morgan fingerprint density at radius 1 is 1.36 bits per heavy atom. The van der Waals surface area contributed by atoms with E-state index < -0.39 is 0 Å². The summed E-state index contributed by atoms with van der Waals surface area (Å²) in [6.07, 6.45) is 2.22. The van der Waals surface area contributed by atoms with E-state index in [4.69, 9.17) is 0 Å². The second-order valence-corrected chi connectivity index (χ2v) is 3.70. The van der Waals surface area contributed by atoms with E-state index in [0.29, 0.717) is 6.04 Å². The van der Waals surface area contributed by atoms with E-state index in [1.54, 1.807) is 6.92 Å². The number of carbonyl (C=O) groups is 1. The predicted octanol–water partition coefficient (Wildman–Crippen LogP) is 1.63. The third-order valence-electron chi connectivity index (χ3n) is 2.61. The SMILES string of the molecule is CCN(CC)C(C)CCCNC(C)=O. The Morgan fingerprint density at radius 3 is 2.36 bits per heavy atom. The minimum absolute atomic E-state index is 0.0699. The van der Waals surface area contributed by atoms with E-state index >= 15 is 0 Å². The fraction of sp³-hybridized carbons (Fsp3) is 0.909. The molecule has 1 amide bonds. The summed E-state index contributed by atoms with van der Waals surface area (Å²) < 4.78 is 0. The van der Waals surface area contributed by atoms with E-state index in [0.717, 1.165) is 32.5 Å². The zero-order valence-electron chi connectivity index (χ0n) is 9.97. The van der Waals surface area contributed by atoms with Crippen LogP contribution in [0.2, 0.25) is 0 Å². The van der Waals surface area contributed by atoms with Crippen molar-refractivity contribution in [1.29, 1.82) is 0 Å². The first-order valence-corrected chi connectivity index (χ1v) is 5.60. The summed E-state index contributed by atoms with van der Waals surface area (Å²) in [5.74, 6) is 0.0699. The number of amides is 1. The van der Waals surface area contributed by atoms with Crippen LogP contribution in [0.3, 0.4) is 0 Å². The van der Waals surface area contributed by atoms with Crippen LogP contribution in [0, 0.1) is 0 Å². The molecule has 0 aliphatic rings. The lowest BCUT2D eigenvalue weighted by atomic mass is 10.1. The number of hydrogen-bond donors (Lipinski definition) is 1. The highest BCUT2D eigenvalue weighted by molar-refractivity contribution is 5.72. The second kappa shape index (κ2) is 7.80. The van der Waals surface area contributed by atoms with Gasteiger partial charge in [-0.1, -0.05) is 13.8 Å². The Labute approximate surface area is 87.9 Å². The van der Waals surface area contributed by atoms with Crippen LogP contribution in [-0.2, 0) is 4.79 Å². The first kappa shape index (κ1) is 13.4. The number of rotatable bonds is 7. The minimum Gasteiger partial charge on any atom is -0.356 e. The maximum Gasteiger partial charge on any atom is 0.216 e. The van der Waals surface area contributed by atoms with Crippen molar-refractivity contribution in [3.63, 3.8) is 0 Å². The zero-order chi connectivity index (χ0) is 11.0. The van der Waals surface area contributed by atoms with Gasteiger partial charge < -0.3 is 10.2 Å². The average Bonchev–Trinajstić information content (AvgIpc) is 2.14. The summed E-state index contributed by atoms with van der Waals surface area (Å²) in [7, 11) is 0. The van der Waals surface area contributed by atoms with Crippen LogP contribution >= 0.6 is 0 Å². The number of nitrogens with one attached hydrogen (secondary N) is 1. The van der Waals surface area contributed by atoms with Gasteiger partial charge in [0.15, 0.2) is 0 Å². The van der Waals surface area contributed by atoms with Crippen molar-refractivity contribution in [1.82, 2.24) is 10.2 Å². The van der Waals surface area contributed by atoms with E-state index in [9.17, 15) is 4.79 Å². The highest BCUT2D eigenvalue weighted by atomic mass is 16.1. The molecule has 3 nitrogen and oxygen atoms in total. The molecule has 0 aromatic heterocycles. The number of carbonyl (C=O) groups excluding carboxylic acids is 1. The highest BCUT2D eigenvalue weighted by Gasteiger charge is 2.08. The third kappa shape index (κ3) is 5.97. The standard InChI is InChI=1S/C11H24N2O/c1-5-13(6-2)10(3)8-7-9-12-11(4)14/h10H,5-9H2,1-4H3,(H,12,14). The van der Waals surface area contributed by atoms with E-state index in [2.05, 4.69) is 31.0 Å². The van der Waals surface area contributed by atoms with Gasteiger partial charge in [-0.3, -0.25) is 4.79 Å². The Balaban J connectivity index is 3.51. The molecule has 0 bridgehead atoms. The van der Waals surface area contributed by atoms with Crippen molar-refractivity contribution in [3.05, 3.63) is 0 Å². The normalized spacial score (nSPS) is 12.9. The second-order valence-electron chi connectivity index (χ2n) is 3.70. The molecule has 0 heterocycles. The zero-order valence-corrected chi connectivity index (χ0v) is 9.97. The maximum absolute atomic E-state index is 10.6. The van der Waals surface area contributed by atoms with Crippen LogP contribution in [0.5, 0.6) is 0 Å². The van der Waals surface area contributed by atoms with Crippen molar-refractivity contribution >= 4 is 5.91 Å². The maximum atomic E-state index is 10.6. The van der Waals surface area contributed by atoms with Crippen molar-refractivity contribution in [2.24, 2.45) is 0 Å². The average molecular weight is 200 g/mol. The molecule has 0 radical (unpaired) electrons. The largest absolute Gasteiger partial charge is 0.356 e. The van der Waals surface area contributed by atoms with Crippen LogP contribution in [-0.4, -0.2) is 36.5 Å². The number of hydrogen-bond acceptors (Lipinski definition) is 2. The molecule has 0 aliphatic carbocycles. The Kier molecular flexibility index (Phi) is 7.48. The third-order valence-corrected chi connectivity index (χ3v) is 2.61. The summed E-state index contributed by atoms with van der Waals surface area (Å²) in [6, 6.07) is 0.624. The van der Waals surface area contributed by atoms with Crippen molar-refractivity contribution in [3.8, 4) is 0 Å². The van der Waals surface area contributed by atoms with Gasteiger partial charge in [-0.25, -0.2) is 0 Å². The fourth-order valence-corrected chi connectivity index (χ4v) is 1.69. The van der Waals surface area contributed by atoms with Gasteiger partial charge in [-0.05, 0) is 32.9 Å². The smallest absolute Gasteiger partial charge is 0.216 e. The molecule has 0 fully saturated rings. The van der Waals surface area contributed by atoms with Crippen molar-refractivity contribution < 1.29 is 4.79 Å². The van der Waals surface area contributed by atoms with Gasteiger partial charge in [0.05, 0.1) is 0 Å². The van der Waals surface area contributed by atoms with Gasteiger partial charge in [0.1, 0.15) is 0 Å². The van der Waals surface area contributed by atoms with Crippen LogP contribution in [0.1, 0.15) is 40.5 Å². The lowest BCUT2D eigenvalue weighted by Gasteiger charge is -2.26. The first-order chi connectivity index (χ1) is 6.61. The molecule has 0 rings (SSSR count). The quantitative estimate of drug-likeness (QED) is 0.634. The van der Waals surface area contributed by atoms with Gasteiger partial charge in [0.2, 0.25) is 5.91 Å². The molecule has 84 valence electrons. The van der Waals surface area contributed by atoms with E-state index in [1.807, 2.05) is 0 Å².